The van der Waals surface area contributed by atoms with E-state index < -0.39 is 0 Å². The standard InChI is InChI=1S/C16H25N3/c1-13(2)19(4)10-6-5-9-18-16-11-14(3)7-8-15(16)12-17/h7-8,11,13,18H,5-6,9-10H2,1-4H3. The number of nitrogens with one attached hydrogen (secondary N) is 1. The van der Waals surface area contributed by atoms with E-state index in [1.54, 1.807) is 0 Å². The number of nitriles is 1. The van der Waals surface area contributed by atoms with Crippen molar-refractivity contribution in [3.05, 3.63) is 29.3 Å². The second kappa shape index (κ2) is 7.81. The van der Waals surface area contributed by atoms with Crippen LogP contribution in [-0.4, -0.2) is 31.1 Å². The van der Waals surface area contributed by atoms with Gasteiger partial charge in [-0.15, -0.1) is 0 Å². The smallest absolute Gasteiger partial charge is 0.101 e. The predicted molar refractivity (Wildman–Crippen MR) is 81.4 cm³/mol. The Balaban J connectivity index is 2.34. The molecule has 0 heterocycles. The highest BCUT2D eigenvalue weighted by atomic mass is 15.1. The number of hydrogen-bond donors (Lipinski definition) is 1. The molecule has 0 bridgehead atoms. The average Bonchev–Trinajstić information content (AvgIpc) is 2.38. The van der Waals surface area contributed by atoms with Crippen LogP contribution in [-0.2, 0) is 0 Å². The van der Waals surface area contributed by atoms with Gasteiger partial charge < -0.3 is 10.2 Å². The van der Waals surface area contributed by atoms with Crippen LogP contribution in [0.3, 0.4) is 0 Å². The van der Waals surface area contributed by atoms with Crippen molar-refractivity contribution in [2.24, 2.45) is 0 Å². The lowest BCUT2D eigenvalue weighted by molar-refractivity contribution is 0.269. The number of anilines is 1. The maximum absolute atomic E-state index is 9.05. The highest BCUT2D eigenvalue weighted by Gasteiger charge is 2.03. The van der Waals surface area contributed by atoms with Crippen LogP contribution in [0.25, 0.3) is 0 Å². The number of rotatable bonds is 7. The van der Waals surface area contributed by atoms with Crippen LogP contribution in [0.4, 0.5) is 5.69 Å². The minimum atomic E-state index is 0.606. The van der Waals surface area contributed by atoms with Crippen molar-refractivity contribution in [1.29, 1.82) is 5.26 Å². The second-order valence-electron chi connectivity index (χ2n) is 5.37. The first-order valence-corrected chi connectivity index (χ1v) is 6.99. The molecule has 0 aromatic heterocycles. The minimum Gasteiger partial charge on any atom is -0.384 e. The summed E-state index contributed by atoms with van der Waals surface area (Å²) in [6.07, 6.45) is 2.30. The Bertz CT molecular complexity index is 432. The molecule has 1 aromatic carbocycles. The molecule has 19 heavy (non-hydrogen) atoms. The molecule has 1 N–H and O–H groups in total. The zero-order chi connectivity index (χ0) is 14.3. The second-order valence-corrected chi connectivity index (χ2v) is 5.37. The van der Waals surface area contributed by atoms with Crippen molar-refractivity contribution >= 4 is 5.69 Å². The first-order chi connectivity index (χ1) is 9.04. The fourth-order valence-electron chi connectivity index (χ4n) is 1.87. The molecule has 0 amide bonds. The Morgan fingerprint density at radius 2 is 2.05 bits per heavy atom. The van der Waals surface area contributed by atoms with Gasteiger partial charge in [0.05, 0.1) is 11.3 Å². The zero-order valence-electron chi connectivity index (χ0n) is 12.5. The van der Waals surface area contributed by atoms with Crippen LogP contribution in [0.1, 0.15) is 37.8 Å². The molecule has 0 saturated carbocycles. The van der Waals surface area contributed by atoms with Crippen LogP contribution in [0.5, 0.6) is 0 Å². The molecule has 3 nitrogen and oxygen atoms in total. The largest absolute Gasteiger partial charge is 0.384 e. The van der Waals surface area contributed by atoms with Gasteiger partial charge in [-0.25, -0.2) is 0 Å². The van der Waals surface area contributed by atoms with Crippen LogP contribution < -0.4 is 5.32 Å². The van der Waals surface area contributed by atoms with Crippen molar-refractivity contribution in [2.45, 2.75) is 39.7 Å². The molecule has 104 valence electrons. The number of aryl methyl sites for hydroxylation is 1. The van der Waals surface area contributed by atoms with Crippen LogP contribution in [0, 0.1) is 18.3 Å². The summed E-state index contributed by atoms with van der Waals surface area (Å²) in [4.78, 5) is 2.35. The topological polar surface area (TPSA) is 39.1 Å². The average molecular weight is 259 g/mol. The lowest BCUT2D eigenvalue weighted by Gasteiger charge is -2.20. The van der Waals surface area contributed by atoms with Crippen molar-refractivity contribution in [2.75, 3.05) is 25.5 Å². The minimum absolute atomic E-state index is 0.606. The highest BCUT2D eigenvalue weighted by Crippen LogP contribution is 2.16. The van der Waals surface area contributed by atoms with E-state index in [1.165, 1.54) is 12.0 Å². The van der Waals surface area contributed by atoms with E-state index in [2.05, 4.69) is 37.2 Å². The molecular weight excluding hydrogens is 234 g/mol. The van der Waals surface area contributed by atoms with Crippen molar-refractivity contribution in [3.8, 4) is 6.07 Å². The normalized spacial score (nSPS) is 10.8. The number of unbranched alkanes of at least 4 members (excludes halogenated alkanes) is 1. The molecule has 0 fully saturated rings. The van der Waals surface area contributed by atoms with Crippen LogP contribution in [0.2, 0.25) is 0 Å². The van der Waals surface area contributed by atoms with Crippen molar-refractivity contribution < 1.29 is 0 Å². The molecule has 1 rings (SSSR count). The van der Waals surface area contributed by atoms with Crippen molar-refractivity contribution in [3.63, 3.8) is 0 Å². The molecule has 0 spiro atoms. The molecule has 0 aliphatic heterocycles. The maximum atomic E-state index is 9.05. The first-order valence-electron chi connectivity index (χ1n) is 6.99. The van der Waals surface area contributed by atoms with Gasteiger partial charge in [-0.3, -0.25) is 0 Å². The zero-order valence-corrected chi connectivity index (χ0v) is 12.5. The molecule has 0 aliphatic carbocycles. The summed E-state index contributed by atoms with van der Waals surface area (Å²) in [6.45, 7) is 8.51. The van der Waals surface area contributed by atoms with E-state index in [0.717, 1.165) is 30.8 Å². The lowest BCUT2D eigenvalue weighted by Crippen LogP contribution is -2.27. The van der Waals surface area contributed by atoms with Gasteiger partial charge in [0.15, 0.2) is 0 Å². The van der Waals surface area contributed by atoms with Gasteiger partial charge >= 0.3 is 0 Å². The third-order valence-corrected chi connectivity index (χ3v) is 3.43. The number of benzene rings is 1. The Labute approximate surface area is 117 Å². The fraction of sp³-hybridized carbons (Fsp3) is 0.562. The third kappa shape index (κ3) is 5.32. The summed E-state index contributed by atoms with van der Waals surface area (Å²) in [5, 5.41) is 12.4. The van der Waals surface area contributed by atoms with Gasteiger partial charge in [0.25, 0.3) is 0 Å². The highest BCUT2D eigenvalue weighted by molar-refractivity contribution is 5.58. The molecule has 0 saturated heterocycles. The SMILES string of the molecule is Cc1ccc(C#N)c(NCCCCN(C)C(C)C)c1. The molecule has 0 aliphatic rings. The number of hydrogen-bond acceptors (Lipinski definition) is 3. The third-order valence-electron chi connectivity index (χ3n) is 3.43. The Morgan fingerprint density at radius 1 is 1.32 bits per heavy atom. The van der Waals surface area contributed by atoms with E-state index in [4.69, 9.17) is 5.26 Å². The van der Waals surface area contributed by atoms with Crippen molar-refractivity contribution in [1.82, 2.24) is 4.90 Å². The van der Waals surface area contributed by atoms with Gasteiger partial charge in [0.1, 0.15) is 6.07 Å². The Hall–Kier alpha value is -1.53. The van der Waals surface area contributed by atoms with Gasteiger partial charge in [-0.05, 0) is 64.9 Å². The van der Waals surface area contributed by atoms with Gasteiger partial charge in [0.2, 0.25) is 0 Å². The molecule has 0 unspecified atom stereocenters. The predicted octanol–water partition coefficient (Wildman–Crippen LogP) is 3.40. The Morgan fingerprint density at radius 3 is 2.68 bits per heavy atom. The molecular formula is C16H25N3. The Kier molecular flexibility index (Phi) is 6.38. The summed E-state index contributed by atoms with van der Waals surface area (Å²) in [5.74, 6) is 0. The molecule has 1 aromatic rings. The lowest BCUT2D eigenvalue weighted by atomic mass is 10.1. The quantitative estimate of drug-likeness (QED) is 0.763. The van der Waals surface area contributed by atoms with E-state index in [9.17, 15) is 0 Å². The van der Waals surface area contributed by atoms with E-state index in [1.807, 2.05) is 25.1 Å². The van der Waals surface area contributed by atoms with Crippen LogP contribution >= 0.6 is 0 Å². The molecule has 0 radical (unpaired) electrons. The van der Waals surface area contributed by atoms with Gasteiger partial charge in [-0.1, -0.05) is 6.07 Å². The van der Waals surface area contributed by atoms with E-state index in [0.29, 0.717) is 6.04 Å². The molecule has 3 heteroatoms. The maximum Gasteiger partial charge on any atom is 0.101 e. The summed E-state index contributed by atoms with van der Waals surface area (Å²) in [6, 6.07) is 8.73. The molecule has 0 atom stereocenters. The van der Waals surface area contributed by atoms with E-state index in [-0.39, 0.29) is 0 Å². The summed E-state index contributed by atoms with van der Waals surface area (Å²) in [7, 11) is 2.16. The van der Waals surface area contributed by atoms with Gasteiger partial charge in [0, 0.05) is 12.6 Å². The van der Waals surface area contributed by atoms with Crippen LogP contribution in [0.15, 0.2) is 18.2 Å². The first kappa shape index (κ1) is 15.5. The monoisotopic (exact) mass is 259 g/mol. The fourth-order valence-corrected chi connectivity index (χ4v) is 1.87. The number of nitrogens with zero attached hydrogens (tertiary/aromatic N) is 2. The van der Waals surface area contributed by atoms with E-state index >= 15 is 0 Å². The summed E-state index contributed by atoms with van der Waals surface area (Å²) >= 11 is 0. The van der Waals surface area contributed by atoms with Gasteiger partial charge in [-0.2, -0.15) is 5.26 Å². The summed E-state index contributed by atoms with van der Waals surface area (Å²) in [5.41, 5.74) is 2.87. The summed E-state index contributed by atoms with van der Waals surface area (Å²) < 4.78 is 0.